The Balaban J connectivity index is 2.45. The summed E-state index contributed by atoms with van der Waals surface area (Å²) in [7, 11) is 0. The van der Waals surface area contributed by atoms with E-state index in [4.69, 9.17) is 17.0 Å². The topological polar surface area (TPSA) is 29.5 Å². The van der Waals surface area contributed by atoms with Crippen molar-refractivity contribution in [3.8, 4) is 0 Å². The number of thiocarbonyl (C=S) groups is 1. The van der Waals surface area contributed by atoms with Crippen LogP contribution >= 0.6 is 24.0 Å². The van der Waals surface area contributed by atoms with E-state index in [0.29, 0.717) is 11.0 Å². The second-order valence-electron chi connectivity index (χ2n) is 3.89. The maximum atomic E-state index is 10.1. The highest BCUT2D eigenvalue weighted by Gasteiger charge is 2.35. The number of rotatable bonds is 2. The summed E-state index contributed by atoms with van der Waals surface area (Å²) >= 11 is 6.58. The van der Waals surface area contributed by atoms with Crippen LogP contribution in [0.3, 0.4) is 0 Å². The molecule has 0 aromatic heterocycles. The first-order chi connectivity index (χ1) is 6.56. The zero-order chi connectivity index (χ0) is 10.6. The average Bonchev–Trinajstić information content (AvgIpc) is 2.09. The molecule has 1 rings (SSSR count). The van der Waals surface area contributed by atoms with Crippen molar-refractivity contribution in [3.63, 3.8) is 0 Å². The first-order valence-corrected chi connectivity index (χ1v) is 6.41. The zero-order valence-corrected chi connectivity index (χ0v) is 10.4. The first kappa shape index (κ1) is 12.3. The molecular formula is C10H18O2S2. The van der Waals surface area contributed by atoms with Crippen LogP contribution in [0.25, 0.3) is 0 Å². The molecular weight excluding hydrogens is 216 g/mol. The van der Waals surface area contributed by atoms with Crippen molar-refractivity contribution >= 4 is 28.4 Å². The number of hydrogen-bond acceptors (Lipinski definition) is 4. The third-order valence-corrected chi connectivity index (χ3v) is 4.34. The van der Waals surface area contributed by atoms with E-state index in [2.05, 4.69) is 0 Å². The van der Waals surface area contributed by atoms with Crippen molar-refractivity contribution in [2.45, 2.75) is 50.4 Å². The molecule has 1 saturated carbocycles. The number of ether oxygens (including phenoxy) is 1. The monoisotopic (exact) mass is 234 g/mol. The van der Waals surface area contributed by atoms with Gasteiger partial charge in [-0.15, -0.1) is 0 Å². The number of aliphatic hydroxyl groups is 1. The third kappa shape index (κ3) is 3.41. The predicted octanol–water partition coefficient (Wildman–Crippen LogP) is 2.73. The van der Waals surface area contributed by atoms with Gasteiger partial charge in [-0.25, -0.2) is 0 Å². The highest BCUT2D eigenvalue weighted by Crippen LogP contribution is 2.37. The van der Waals surface area contributed by atoms with Crippen LogP contribution in [0.5, 0.6) is 0 Å². The van der Waals surface area contributed by atoms with Gasteiger partial charge in [-0.3, -0.25) is 0 Å². The molecule has 0 aromatic rings. The Hall–Kier alpha value is 0.200. The third-order valence-electron chi connectivity index (χ3n) is 2.59. The Morgan fingerprint density at radius 3 is 2.93 bits per heavy atom. The van der Waals surface area contributed by atoms with E-state index in [9.17, 15) is 5.11 Å². The first-order valence-electron chi connectivity index (χ1n) is 5.12. The summed E-state index contributed by atoms with van der Waals surface area (Å²) in [6.45, 7) is 4.44. The quantitative estimate of drug-likeness (QED) is 0.744. The van der Waals surface area contributed by atoms with Gasteiger partial charge in [-0.1, -0.05) is 24.6 Å². The SMILES string of the molecule is CCOC(=S)SC1CCCCC1(C)O. The van der Waals surface area contributed by atoms with Crippen molar-refractivity contribution in [1.29, 1.82) is 0 Å². The van der Waals surface area contributed by atoms with E-state index in [1.54, 1.807) is 0 Å². The molecule has 2 atom stereocenters. The lowest BCUT2D eigenvalue weighted by molar-refractivity contribution is 0.0293. The number of hydrogen-bond donors (Lipinski definition) is 1. The molecule has 0 aromatic carbocycles. The van der Waals surface area contributed by atoms with E-state index >= 15 is 0 Å². The van der Waals surface area contributed by atoms with Crippen LogP contribution in [0, 0.1) is 0 Å². The fraction of sp³-hybridized carbons (Fsp3) is 0.900. The minimum Gasteiger partial charge on any atom is -0.479 e. The van der Waals surface area contributed by atoms with Crippen LogP contribution in [-0.2, 0) is 4.74 Å². The highest BCUT2D eigenvalue weighted by molar-refractivity contribution is 8.23. The van der Waals surface area contributed by atoms with Crippen LogP contribution in [0.15, 0.2) is 0 Å². The maximum absolute atomic E-state index is 10.1. The molecule has 0 saturated heterocycles. The summed E-state index contributed by atoms with van der Waals surface area (Å²) in [6, 6.07) is 0. The van der Waals surface area contributed by atoms with Crippen molar-refractivity contribution in [1.82, 2.24) is 0 Å². The van der Waals surface area contributed by atoms with Crippen LogP contribution < -0.4 is 0 Å². The molecule has 4 heteroatoms. The van der Waals surface area contributed by atoms with Crippen LogP contribution in [-0.4, -0.2) is 26.9 Å². The summed E-state index contributed by atoms with van der Waals surface area (Å²) in [5.74, 6) is 0. The van der Waals surface area contributed by atoms with E-state index in [1.807, 2.05) is 13.8 Å². The van der Waals surface area contributed by atoms with Gasteiger partial charge in [0.15, 0.2) is 0 Å². The molecule has 82 valence electrons. The lowest BCUT2D eigenvalue weighted by Gasteiger charge is -2.36. The minimum atomic E-state index is -0.579. The van der Waals surface area contributed by atoms with Crippen LogP contribution in [0.2, 0.25) is 0 Å². The fourth-order valence-electron chi connectivity index (χ4n) is 1.74. The predicted molar refractivity (Wildman–Crippen MR) is 64.7 cm³/mol. The Bertz CT molecular complexity index is 204. The summed E-state index contributed by atoms with van der Waals surface area (Å²) < 4.78 is 5.79. The van der Waals surface area contributed by atoms with E-state index in [1.165, 1.54) is 18.2 Å². The van der Waals surface area contributed by atoms with Crippen LogP contribution in [0.1, 0.15) is 39.5 Å². The van der Waals surface area contributed by atoms with Gasteiger partial charge in [0.25, 0.3) is 0 Å². The summed E-state index contributed by atoms with van der Waals surface area (Å²) in [5, 5.41) is 10.3. The maximum Gasteiger partial charge on any atom is 0.220 e. The molecule has 0 heterocycles. The minimum absolute atomic E-state index is 0.204. The Morgan fingerprint density at radius 2 is 2.36 bits per heavy atom. The average molecular weight is 234 g/mol. The molecule has 1 N–H and O–H groups in total. The van der Waals surface area contributed by atoms with Gasteiger partial charge in [0.2, 0.25) is 4.38 Å². The molecule has 1 aliphatic carbocycles. The van der Waals surface area contributed by atoms with E-state index in [0.717, 1.165) is 19.3 Å². The normalized spacial score (nSPS) is 32.6. The smallest absolute Gasteiger partial charge is 0.220 e. The van der Waals surface area contributed by atoms with Gasteiger partial charge in [0, 0.05) is 5.25 Å². The Labute approximate surface area is 95.4 Å². The van der Waals surface area contributed by atoms with Gasteiger partial charge in [0.05, 0.1) is 12.2 Å². The number of thioether (sulfide) groups is 1. The van der Waals surface area contributed by atoms with Gasteiger partial charge in [0.1, 0.15) is 0 Å². The highest BCUT2D eigenvalue weighted by atomic mass is 32.2. The molecule has 0 bridgehead atoms. The van der Waals surface area contributed by atoms with E-state index < -0.39 is 5.60 Å². The van der Waals surface area contributed by atoms with Gasteiger partial charge in [-0.2, -0.15) is 0 Å². The zero-order valence-electron chi connectivity index (χ0n) is 8.78. The lowest BCUT2D eigenvalue weighted by atomic mass is 9.86. The largest absolute Gasteiger partial charge is 0.479 e. The molecule has 2 unspecified atom stereocenters. The summed E-state index contributed by atoms with van der Waals surface area (Å²) in [6.07, 6.45) is 4.21. The van der Waals surface area contributed by atoms with Crippen molar-refractivity contribution < 1.29 is 9.84 Å². The molecule has 0 radical (unpaired) electrons. The van der Waals surface area contributed by atoms with E-state index in [-0.39, 0.29) is 5.25 Å². The molecule has 14 heavy (non-hydrogen) atoms. The second kappa shape index (κ2) is 5.33. The fourth-order valence-corrected chi connectivity index (χ4v) is 3.28. The van der Waals surface area contributed by atoms with Crippen molar-refractivity contribution in [2.24, 2.45) is 0 Å². The van der Waals surface area contributed by atoms with Crippen molar-refractivity contribution in [3.05, 3.63) is 0 Å². The molecule has 0 spiro atoms. The van der Waals surface area contributed by atoms with Gasteiger partial charge < -0.3 is 9.84 Å². The molecule has 1 aliphatic rings. The Morgan fingerprint density at radius 1 is 1.64 bits per heavy atom. The lowest BCUT2D eigenvalue weighted by Crippen LogP contribution is -2.40. The molecule has 0 amide bonds. The molecule has 1 fully saturated rings. The second-order valence-corrected chi connectivity index (χ2v) is 5.70. The summed E-state index contributed by atoms with van der Waals surface area (Å²) in [4.78, 5) is 0. The van der Waals surface area contributed by atoms with Crippen LogP contribution in [0.4, 0.5) is 0 Å². The van der Waals surface area contributed by atoms with Crippen molar-refractivity contribution in [2.75, 3.05) is 6.61 Å². The summed E-state index contributed by atoms with van der Waals surface area (Å²) in [5.41, 5.74) is -0.579. The molecule has 0 aliphatic heterocycles. The molecule has 2 nitrogen and oxygen atoms in total. The van der Waals surface area contributed by atoms with Gasteiger partial charge in [-0.05, 0) is 38.9 Å². The Kier molecular flexibility index (Phi) is 4.67. The van der Waals surface area contributed by atoms with Gasteiger partial charge >= 0.3 is 0 Å². The standard InChI is InChI=1S/C10H18O2S2/c1-3-12-9(13)14-8-6-4-5-7-10(8,2)11/h8,11H,3-7H2,1-2H3.